The molecule has 2 atom stereocenters. The molecule has 0 aliphatic rings. The first-order valence-electron chi connectivity index (χ1n) is 8.72. The van der Waals surface area contributed by atoms with Crippen LogP contribution in [0, 0.1) is 0 Å². The largest absolute Gasteiger partial charge is 0.480 e. The van der Waals surface area contributed by atoms with Crippen molar-refractivity contribution in [1.29, 1.82) is 0 Å². The average Bonchev–Trinajstić information content (AvgIpc) is 2.72. The molecule has 6 N–H and O–H groups in total. The number of aliphatic carboxylic acids is 1. The number of nitrogens with two attached hydrogens (primary N) is 1. The number of carboxylic acid groups (broad SMARTS) is 1. The summed E-state index contributed by atoms with van der Waals surface area (Å²) in [5.74, 6) is 2.74. The Kier molecular flexibility index (Phi) is 7.66. The molecular weight excluding hydrogens is 376 g/mol. The minimum absolute atomic E-state index is 0.0754. The zero-order valence-corrected chi connectivity index (χ0v) is 15.7. The highest BCUT2D eigenvalue weighted by atomic mass is 16.4. The van der Waals surface area contributed by atoms with Crippen molar-refractivity contribution in [1.82, 2.24) is 15.6 Å². The number of carbonyl (C=O) groups excluding carboxylic acids is 2. The molecule has 10 heteroatoms. The first-order valence-corrected chi connectivity index (χ1v) is 8.72. The summed E-state index contributed by atoms with van der Waals surface area (Å²) >= 11 is 0. The van der Waals surface area contributed by atoms with E-state index in [0.717, 1.165) is 0 Å². The molecule has 0 bridgehead atoms. The molecule has 0 aliphatic carbocycles. The second kappa shape index (κ2) is 10.4. The Morgan fingerprint density at radius 1 is 1.24 bits per heavy atom. The van der Waals surface area contributed by atoms with Crippen molar-refractivity contribution >= 4 is 29.8 Å². The fourth-order valence-corrected chi connectivity index (χ4v) is 2.46. The van der Waals surface area contributed by atoms with Crippen LogP contribution in [0.1, 0.15) is 22.8 Å². The number of hydrazone groups is 1. The Bertz CT molecular complexity index is 887. The van der Waals surface area contributed by atoms with E-state index >= 15 is 0 Å². The number of hydrogen-bond acceptors (Lipinski definition) is 6. The molecule has 10 nitrogen and oxygen atoms in total. The number of aromatic nitrogens is 1. The van der Waals surface area contributed by atoms with Gasteiger partial charge in [-0.3, -0.25) is 14.6 Å². The fraction of sp³-hybridized carbons (Fsp3) is 0.211. The van der Waals surface area contributed by atoms with Crippen molar-refractivity contribution in [3.63, 3.8) is 0 Å². The minimum Gasteiger partial charge on any atom is -0.480 e. The van der Waals surface area contributed by atoms with E-state index in [1.54, 1.807) is 42.6 Å². The number of hydrogen-bond donors (Lipinski definition) is 5. The molecule has 2 rings (SSSR count). The predicted octanol–water partition coefficient (Wildman–Crippen LogP) is 0.326. The quantitative estimate of drug-likeness (QED) is 0.176. The maximum atomic E-state index is 12.4. The Hall–Kier alpha value is -3.95. The van der Waals surface area contributed by atoms with Crippen LogP contribution in [0.3, 0.4) is 0 Å². The minimum atomic E-state index is -1.18. The zero-order chi connectivity index (χ0) is 21.2. The van der Waals surface area contributed by atoms with E-state index in [9.17, 15) is 19.5 Å². The number of carboxylic acids is 1. The molecule has 0 fully saturated rings. The number of nitrogens with one attached hydrogen (secondary N) is 3. The monoisotopic (exact) mass is 398 g/mol. The Morgan fingerprint density at radius 3 is 2.69 bits per heavy atom. The Balaban J connectivity index is 1.98. The van der Waals surface area contributed by atoms with Gasteiger partial charge in [0.05, 0.1) is 0 Å². The molecule has 0 aliphatic heterocycles. The molecule has 152 valence electrons. The van der Waals surface area contributed by atoms with Crippen molar-refractivity contribution in [2.45, 2.75) is 25.4 Å². The molecule has 0 spiro atoms. The lowest BCUT2D eigenvalue weighted by Crippen LogP contribution is -2.51. The molecule has 2 amide bonds. The van der Waals surface area contributed by atoms with Gasteiger partial charge in [-0.25, -0.2) is 4.79 Å². The zero-order valence-electron chi connectivity index (χ0n) is 15.7. The summed E-state index contributed by atoms with van der Waals surface area (Å²) < 4.78 is 0. The van der Waals surface area contributed by atoms with E-state index in [1.807, 2.05) is 0 Å². The molecule has 0 saturated heterocycles. The van der Waals surface area contributed by atoms with Gasteiger partial charge >= 0.3 is 5.97 Å². The van der Waals surface area contributed by atoms with Gasteiger partial charge in [0.1, 0.15) is 18.4 Å². The first-order chi connectivity index (χ1) is 13.9. The second-order valence-corrected chi connectivity index (χ2v) is 6.16. The average molecular weight is 398 g/mol. The number of benzene rings is 1. The van der Waals surface area contributed by atoms with Crippen LogP contribution in [-0.4, -0.2) is 46.3 Å². The fourth-order valence-electron chi connectivity index (χ4n) is 2.46. The SMILES string of the molecule is CC(NC(=O)c1cccc(NC=NN)c1)C(=O)NC(Cc1cccnc1)C(=O)O. The van der Waals surface area contributed by atoms with Crippen molar-refractivity contribution in [3.05, 3.63) is 59.9 Å². The number of carbonyl (C=O) groups is 3. The Morgan fingerprint density at radius 2 is 2.03 bits per heavy atom. The maximum Gasteiger partial charge on any atom is 0.326 e. The van der Waals surface area contributed by atoms with Crippen molar-refractivity contribution in [3.8, 4) is 0 Å². The summed E-state index contributed by atoms with van der Waals surface area (Å²) in [6.07, 6.45) is 4.44. The van der Waals surface area contributed by atoms with Gasteiger partial charge in [-0.15, -0.1) is 0 Å². The number of amides is 2. The van der Waals surface area contributed by atoms with Gasteiger partial charge in [-0.05, 0) is 36.8 Å². The van der Waals surface area contributed by atoms with Gasteiger partial charge in [-0.2, -0.15) is 5.10 Å². The van der Waals surface area contributed by atoms with Gasteiger partial charge < -0.3 is 26.9 Å². The number of rotatable bonds is 9. The molecule has 1 heterocycles. The van der Waals surface area contributed by atoms with Crippen LogP contribution in [0.2, 0.25) is 0 Å². The standard InChI is InChI=1S/C19H22N6O4/c1-12(24-18(27)14-5-2-6-15(9-14)22-11-23-20)17(26)25-16(19(28)29)8-13-4-3-7-21-10-13/h2-7,9-12,16H,8,20H2,1H3,(H,22,23)(H,24,27)(H,25,26)(H,28,29). The van der Waals surface area contributed by atoms with Crippen LogP contribution >= 0.6 is 0 Å². The van der Waals surface area contributed by atoms with E-state index in [-0.39, 0.29) is 6.42 Å². The highest BCUT2D eigenvalue weighted by molar-refractivity contribution is 5.99. The third-order valence-corrected chi connectivity index (χ3v) is 3.95. The highest BCUT2D eigenvalue weighted by Crippen LogP contribution is 2.10. The third kappa shape index (κ3) is 6.61. The van der Waals surface area contributed by atoms with Gasteiger partial charge in [0.25, 0.3) is 5.91 Å². The molecular formula is C19H22N6O4. The van der Waals surface area contributed by atoms with E-state index in [1.165, 1.54) is 19.5 Å². The van der Waals surface area contributed by atoms with Crippen LogP contribution in [0.25, 0.3) is 0 Å². The lowest BCUT2D eigenvalue weighted by atomic mass is 10.1. The van der Waals surface area contributed by atoms with Crippen molar-refractivity contribution in [2.24, 2.45) is 10.9 Å². The van der Waals surface area contributed by atoms with E-state index < -0.39 is 29.9 Å². The summed E-state index contributed by atoms with van der Waals surface area (Å²) in [4.78, 5) is 40.2. The van der Waals surface area contributed by atoms with Crippen LogP contribution < -0.4 is 21.8 Å². The summed E-state index contributed by atoms with van der Waals surface area (Å²) in [5.41, 5.74) is 1.57. The highest BCUT2D eigenvalue weighted by Gasteiger charge is 2.24. The molecule has 2 aromatic rings. The third-order valence-electron chi connectivity index (χ3n) is 3.95. The van der Waals surface area contributed by atoms with Gasteiger partial charge in [0.15, 0.2) is 0 Å². The molecule has 1 aromatic heterocycles. The van der Waals surface area contributed by atoms with Gasteiger partial charge in [0.2, 0.25) is 5.91 Å². The van der Waals surface area contributed by atoms with Crippen LogP contribution in [-0.2, 0) is 16.0 Å². The van der Waals surface area contributed by atoms with E-state index in [0.29, 0.717) is 16.8 Å². The van der Waals surface area contributed by atoms with Crippen LogP contribution in [0.5, 0.6) is 0 Å². The van der Waals surface area contributed by atoms with E-state index in [4.69, 9.17) is 5.84 Å². The van der Waals surface area contributed by atoms with Gasteiger partial charge in [0, 0.05) is 30.1 Å². The van der Waals surface area contributed by atoms with Gasteiger partial charge in [-0.1, -0.05) is 12.1 Å². The predicted molar refractivity (Wildman–Crippen MR) is 107 cm³/mol. The summed E-state index contributed by atoms with van der Waals surface area (Å²) in [6.45, 7) is 1.47. The topological polar surface area (TPSA) is 159 Å². The Labute approximate surface area is 167 Å². The number of nitrogens with zero attached hydrogens (tertiary/aromatic N) is 2. The molecule has 1 aromatic carbocycles. The summed E-state index contributed by atoms with van der Waals surface area (Å²) in [7, 11) is 0. The molecule has 0 radical (unpaired) electrons. The second-order valence-electron chi connectivity index (χ2n) is 6.16. The number of pyridine rings is 1. The molecule has 2 unspecified atom stereocenters. The molecule has 29 heavy (non-hydrogen) atoms. The van der Waals surface area contributed by atoms with Crippen LogP contribution in [0.15, 0.2) is 53.9 Å². The summed E-state index contributed by atoms with van der Waals surface area (Å²) in [5, 5.41) is 20.4. The normalized spacial score (nSPS) is 12.7. The smallest absolute Gasteiger partial charge is 0.326 e. The molecule has 0 saturated carbocycles. The van der Waals surface area contributed by atoms with E-state index in [2.05, 4.69) is 26.0 Å². The lowest BCUT2D eigenvalue weighted by molar-refractivity contribution is -0.142. The maximum absolute atomic E-state index is 12.4. The van der Waals surface area contributed by atoms with Crippen molar-refractivity contribution < 1.29 is 19.5 Å². The van der Waals surface area contributed by atoms with Crippen molar-refractivity contribution in [2.75, 3.05) is 5.32 Å². The lowest BCUT2D eigenvalue weighted by Gasteiger charge is -2.19. The summed E-state index contributed by atoms with van der Waals surface area (Å²) in [6, 6.07) is 7.81. The first kappa shape index (κ1) is 21.4. The number of anilines is 1. The van der Waals surface area contributed by atoms with Crippen LogP contribution in [0.4, 0.5) is 5.69 Å².